The average molecular weight is 376 g/mol. The number of carbonyl (C=O) groups excluding carboxylic acids is 1. The van der Waals surface area contributed by atoms with Gasteiger partial charge in [0.15, 0.2) is 0 Å². The molecule has 118 valence electrons. The maximum atomic E-state index is 12.1. The van der Waals surface area contributed by atoms with Gasteiger partial charge in [0, 0.05) is 15.9 Å². The lowest BCUT2D eigenvalue weighted by atomic mass is 9.94. The van der Waals surface area contributed by atoms with Crippen molar-refractivity contribution in [2.75, 3.05) is 11.9 Å². The largest absolute Gasteiger partial charge is 0.330 e. The topological polar surface area (TPSA) is 55.1 Å². The van der Waals surface area contributed by atoms with Crippen LogP contribution in [0.25, 0.3) is 0 Å². The summed E-state index contributed by atoms with van der Waals surface area (Å²) in [6.07, 6.45) is 4.65. The second-order valence-corrected chi connectivity index (χ2v) is 6.66. The summed E-state index contributed by atoms with van der Waals surface area (Å²) < 4.78 is 0.852. The number of halogens is 2. The molecule has 0 heterocycles. The zero-order valence-electron chi connectivity index (χ0n) is 12.7. The summed E-state index contributed by atoms with van der Waals surface area (Å²) in [5.74, 6) is 0.560. The molecule has 3 N–H and O–H groups in total. The zero-order valence-corrected chi connectivity index (χ0v) is 15.1. The molecule has 0 saturated carbocycles. The van der Waals surface area contributed by atoms with Crippen molar-refractivity contribution in [3.05, 3.63) is 27.2 Å². The average Bonchev–Trinajstić information content (AvgIpc) is 2.42. The van der Waals surface area contributed by atoms with Crippen LogP contribution in [0.2, 0.25) is 5.02 Å². The van der Waals surface area contributed by atoms with E-state index in [1.54, 1.807) is 6.07 Å². The van der Waals surface area contributed by atoms with Crippen LogP contribution in [0, 0.1) is 12.8 Å². The van der Waals surface area contributed by atoms with Gasteiger partial charge in [-0.1, -0.05) is 31.4 Å². The van der Waals surface area contributed by atoms with E-state index in [2.05, 4.69) is 28.2 Å². The Kier molecular flexibility index (Phi) is 8.30. The molecule has 0 bridgehead atoms. The summed E-state index contributed by atoms with van der Waals surface area (Å²) in [5, 5.41) is 3.57. The van der Waals surface area contributed by atoms with Crippen LogP contribution in [-0.4, -0.2) is 12.5 Å². The first-order chi connectivity index (χ1) is 9.97. The minimum Gasteiger partial charge on any atom is -0.330 e. The van der Waals surface area contributed by atoms with Crippen LogP contribution < -0.4 is 11.1 Å². The molecular formula is C16H24BrClN2O. The highest BCUT2D eigenvalue weighted by Crippen LogP contribution is 2.29. The summed E-state index contributed by atoms with van der Waals surface area (Å²) in [4.78, 5) is 12.1. The predicted octanol–water partition coefficient (Wildman–Crippen LogP) is 4.89. The Morgan fingerprint density at radius 2 is 2.10 bits per heavy atom. The van der Waals surface area contributed by atoms with E-state index in [0.29, 0.717) is 23.9 Å². The van der Waals surface area contributed by atoms with Gasteiger partial charge in [0.2, 0.25) is 5.91 Å². The van der Waals surface area contributed by atoms with E-state index in [0.717, 1.165) is 41.4 Å². The highest BCUT2D eigenvalue weighted by molar-refractivity contribution is 9.10. The minimum absolute atomic E-state index is 0.0220. The zero-order chi connectivity index (χ0) is 15.8. The van der Waals surface area contributed by atoms with Gasteiger partial charge in [0.05, 0.1) is 5.69 Å². The Labute approximate surface area is 140 Å². The molecule has 1 amide bonds. The van der Waals surface area contributed by atoms with Crippen molar-refractivity contribution in [2.24, 2.45) is 11.7 Å². The quantitative estimate of drug-likeness (QED) is 0.679. The highest BCUT2D eigenvalue weighted by Gasteiger charge is 2.12. The van der Waals surface area contributed by atoms with Crippen molar-refractivity contribution in [1.82, 2.24) is 0 Å². The molecule has 0 aliphatic carbocycles. The maximum absolute atomic E-state index is 12.1. The predicted molar refractivity (Wildman–Crippen MR) is 93.8 cm³/mol. The number of anilines is 1. The molecule has 0 spiro atoms. The standard InChI is InChI=1S/C16H24BrClN2O/c1-3-4-12(7-8-19)5-6-16(21)20-15-10-14(18)11(2)9-13(15)17/h9-10,12H,3-8,19H2,1-2H3,(H,20,21). The van der Waals surface area contributed by atoms with E-state index >= 15 is 0 Å². The van der Waals surface area contributed by atoms with Crippen LogP contribution in [0.15, 0.2) is 16.6 Å². The molecule has 0 aliphatic rings. The fraction of sp³-hybridized carbons (Fsp3) is 0.562. The number of rotatable bonds is 8. The Morgan fingerprint density at radius 1 is 1.38 bits per heavy atom. The van der Waals surface area contributed by atoms with E-state index in [1.165, 1.54) is 0 Å². The minimum atomic E-state index is 0.0220. The van der Waals surface area contributed by atoms with Crippen LogP contribution >= 0.6 is 27.5 Å². The number of aryl methyl sites for hydroxylation is 1. The van der Waals surface area contributed by atoms with Gasteiger partial charge in [-0.15, -0.1) is 0 Å². The van der Waals surface area contributed by atoms with E-state index < -0.39 is 0 Å². The molecule has 0 aromatic heterocycles. The molecule has 1 aromatic carbocycles. The summed E-state index contributed by atoms with van der Waals surface area (Å²) in [7, 11) is 0. The smallest absolute Gasteiger partial charge is 0.224 e. The van der Waals surface area contributed by atoms with Gasteiger partial charge in [0.1, 0.15) is 0 Å². The normalized spacial score (nSPS) is 12.2. The first-order valence-electron chi connectivity index (χ1n) is 7.43. The lowest BCUT2D eigenvalue weighted by molar-refractivity contribution is -0.116. The second kappa shape index (κ2) is 9.44. The van der Waals surface area contributed by atoms with Crippen molar-refractivity contribution < 1.29 is 4.79 Å². The molecule has 1 rings (SSSR count). The first kappa shape index (κ1) is 18.5. The maximum Gasteiger partial charge on any atom is 0.224 e. The molecule has 1 aromatic rings. The SMILES string of the molecule is CCCC(CCN)CCC(=O)Nc1cc(Cl)c(C)cc1Br. The third-order valence-corrected chi connectivity index (χ3v) is 4.64. The summed E-state index contributed by atoms with van der Waals surface area (Å²) in [6, 6.07) is 3.69. The fourth-order valence-corrected chi connectivity index (χ4v) is 3.09. The lowest BCUT2D eigenvalue weighted by Gasteiger charge is -2.15. The lowest BCUT2D eigenvalue weighted by Crippen LogP contribution is -2.15. The van der Waals surface area contributed by atoms with Crippen molar-refractivity contribution in [2.45, 2.75) is 46.0 Å². The van der Waals surface area contributed by atoms with Crippen molar-refractivity contribution >= 4 is 39.1 Å². The van der Waals surface area contributed by atoms with Crippen molar-refractivity contribution in [3.63, 3.8) is 0 Å². The van der Waals surface area contributed by atoms with Gasteiger partial charge in [-0.2, -0.15) is 0 Å². The molecule has 3 nitrogen and oxygen atoms in total. The Bertz CT molecular complexity index is 474. The Morgan fingerprint density at radius 3 is 2.71 bits per heavy atom. The number of nitrogens with two attached hydrogens (primary N) is 1. The Balaban J connectivity index is 2.55. The van der Waals surface area contributed by atoms with E-state index in [1.807, 2.05) is 13.0 Å². The number of hydrogen-bond acceptors (Lipinski definition) is 2. The van der Waals surface area contributed by atoms with E-state index in [4.69, 9.17) is 17.3 Å². The number of nitrogens with one attached hydrogen (secondary N) is 1. The monoisotopic (exact) mass is 374 g/mol. The summed E-state index contributed by atoms with van der Waals surface area (Å²) in [5.41, 5.74) is 7.32. The molecule has 1 atom stereocenters. The van der Waals surface area contributed by atoms with Gasteiger partial charge >= 0.3 is 0 Å². The summed E-state index contributed by atoms with van der Waals surface area (Å²) >= 11 is 9.54. The fourth-order valence-electron chi connectivity index (χ4n) is 2.37. The third kappa shape index (κ3) is 6.37. The molecule has 5 heteroatoms. The van der Waals surface area contributed by atoms with E-state index in [9.17, 15) is 4.79 Å². The van der Waals surface area contributed by atoms with Crippen LogP contribution in [0.5, 0.6) is 0 Å². The first-order valence-corrected chi connectivity index (χ1v) is 8.60. The molecule has 0 radical (unpaired) electrons. The number of carbonyl (C=O) groups is 1. The highest BCUT2D eigenvalue weighted by atomic mass is 79.9. The second-order valence-electron chi connectivity index (χ2n) is 5.40. The van der Waals surface area contributed by atoms with E-state index in [-0.39, 0.29) is 5.91 Å². The van der Waals surface area contributed by atoms with Crippen LogP contribution in [0.3, 0.4) is 0 Å². The number of hydrogen-bond donors (Lipinski definition) is 2. The summed E-state index contributed by atoms with van der Waals surface area (Å²) in [6.45, 7) is 4.78. The third-order valence-electron chi connectivity index (χ3n) is 3.57. The number of benzene rings is 1. The van der Waals surface area contributed by atoms with Gasteiger partial charge in [0.25, 0.3) is 0 Å². The molecule has 0 saturated heterocycles. The van der Waals surface area contributed by atoms with Gasteiger partial charge < -0.3 is 11.1 Å². The molecule has 0 fully saturated rings. The molecule has 0 aliphatic heterocycles. The molecular weight excluding hydrogens is 352 g/mol. The van der Waals surface area contributed by atoms with Crippen LogP contribution in [0.4, 0.5) is 5.69 Å². The van der Waals surface area contributed by atoms with Gasteiger partial charge in [-0.25, -0.2) is 0 Å². The molecule has 21 heavy (non-hydrogen) atoms. The van der Waals surface area contributed by atoms with Gasteiger partial charge in [-0.3, -0.25) is 4.79 Å². The molecule has 1 unspecified atom stereocenters. The van der Waals surface area contributed by atoms with Crippen LogP contribution in [0.1, 0.15) is 44.6 Å². The van der Waals surface area contributed by atoms with Crippen molar-refractivity contribution in [3.8, 4) is 0 Å². The number of amides is 1. The van der Waals surface area contributed by atoms with Gasteiger partial charge in [-0.05, 0) is 65.9 Å². The van der Waals surface area contributed by atoms with Crippen LogP contribution in [-0.2, 0) is 4.79 Å². The Hall–Kier alpha value is -0.580. The van der Waals surface area contributed by atoms with Crippen molar-refractivity contribution in [1.29, 1.82) is 0 Å².